The fourth-order valence-electron chi connectivity index (χ4n) is 3.93. The molecule has 0 radical (unpaired) electrons. The molecule has 2 aliphatic rings. The highest BCUT2D eigenvalue weighted by molar-refractivity contribution is 7.10. The van der Waals surface area contributed by atoms with Gasteiger partial charge < -0.3 is 10.1 Å². The van der Waals surface area contributed by atoms with Crippen molar-refractivity contribution in [3.63, 3.8) is 0 Å². The van der Waals surface area contributed by atoms with Gasteiger partial charge in [-0.05, 0) is 51.0 Å². The van der Waals surface area contributed by atoms with Crippen molar-refractivity contribution in [1.29, 1.82) is 0 Å². The van der Waals surface area contributed by atoms with E-state index in [4.69, 9.17) is 4.74 Å². The molecule has 3 atom stereocenters. The lowest BCUT2D eigenvalue weighted by atomic mass is 9.88. The summed E-state index contributed by atoms with van der Waals surface area (Å²) >= 11 is 1.76. The molecule has 0 spiro atoms. The van der Waals surface area contributed by atoms with E-state index in [-0.39, 0.29) is 5.91 Å². The van der Waals surface area contributed by atoms with Gasteiger partial charge in [0.2, 0.25) is 0 Å². The molecule has 1 amide bonds. The molecule has 3 unspecified atom stereocenters. The van der Waals surface area contributed by atoms with Gasteiger partial charge >= 0.3 is 0 Å². The fourth-order valence-corrected chi connectivity index (χ4v) is 5.18. The second-order valence-corrected chi connectivity index (χ2v) is 8.49. The van der Waals surface area contributed by atoms with Crippen molar-refractivity contribution in [3.05, 3.63) is 21.4 Å². The molecule has 1 N–H and O–H groups in total. The van der Waals surface area contributed by atoms with Gasteiger partial charge in [0.15, 0.2) is 0 Å². The van der Waals surface area contributed by atoms with Crippen LogP contribution >= 0.6 is 11.3 Å². The van der Waals surface area contributed by atoms with E-state index >= 15 is 0 Å². The first kappa shape index (κ1) is 17.9. The Morgan fingerprint density at radius 3 is 2.83 bits per heavy atom. The van der Waals surface area contributed by atoms with Crippen molar-refractivity contribution in [1.82, 2.24) is 10.2 Å². The first-order valence-corrected chi connectivity index (χ1v) is 10.2. The van der Waals surface area contributed by atoms with E-state index in [9.17, 15) is 4.79 Å². The van der Waals surface area contributed by atoms with Crippen LogP contribution in [0.1, 0.15) is 54.4 Å². The number of morpholine rings is 1. The summed E-state index contributed by atoms with van der Waals surface area (Å²) in [6, 6.07) is 0. The number of ether oxygens (including phenoxy) is 1. The Kier molecular flexibility index (Phi) is 5.95. The van der Waals surface area contributed by atoms with Crippen LogP contribution in [-0.4, -0.2) is 49.2 Å². The highest BCUT2D eigenvalue weighted by Crippen LogP contribution is 2.32. The molecule has 0 bridgehead atoms. The quantitative estimate of drug-likeness (QED) is 0.830. The van der Waals surface area contributed by atoms with E-state index in [0.717, 1.165) is 56.9 Å². The average molecular weight is 351 g/mol. The molecule has 134 valence electrons. The van der Waals surface area contributed by atoms with E-state index in [1.54, 1.807) is 11.3 Å². The van der Waals surface area contributed by atoms with Crippen LogP contribution in [0, 0.1) is 5.92 Å². The predicted octanol–water partition coefficient (Wildman–Crippen LogP) is 3.10. The lowest BCUT2D eigenvalue weighted by molar-refractivity contribution is -0.0679. The van der Waals surface area contributed by atoms with Gasteiger partial charge in [-0.15, -0.1) is 11.3 Å². The van der Waals surface area contributed by atoms with E-state index in [2.05, 4.69) is 36.4 Å². The Bertz CT molecular complexity index is 562. The van der Waals surface area contributed by atoms with Crippen molar-refractivity contribution in [3.8, 4) is 0 Å². The van der Waals surface area contributed by atoms with Gasteiger partial charge in [-0.3, -0.25) is 9.69 Å². The minimum Gasteiger partial charge on any atom is -0.373 e. The van der Waals surface area contributed by atoms with Crippen LogP contribution < -0.4 is 5.32 Å². The summed E-state index contributed by atoms with van der Waals surface area (Å²) in [5.74, 6) is 0.871. The zero-order chi connectivity index (χ0) is 17.1. The number of nitrogens with one attached hydrogen (secondary N) is 1. The van der Waals surface area contributed by atoms with Crippen molar-refractivity contribution in [2.75, 3.05) is 26.2 Å². The zero-order valence-corrected chi connectivity index (χ0v) is 16.0. The van der Waals surface area contributed by atoms with Crippen molar-refractivity contribution >= 4 is 17.2 Å². The number of rotatable bonds is 5. The Labute approximate surface area is 149 Å². The summed E-state index contributed by atoms with van der Waals surface area (Å²) in [6.45, 7) is 10.3. The molecule has 5 heteroatoms. The number of nitrogens with zero attached hydrogens (tertiary/aromatic N) is 1. The Morgan fingerprint density at radius 2 is 2.08 bits per heavy atom. The SMILES string of the molecule is CC1CCc2c(C(=O)NCCCN3CC(C)OC(C)C3)csc2C1. The smallest absolute Gasteiger partial charge is 0.252 e. The number of fused-ring (bicyclic) bond motifs is 1. The molecule has 2 heterocycles. The standard InChI is InChI=1S/C19H30N2O2S/c1-13-5-6-16-17(12-24-18(16)9-13)19(22)20-7-4-8-21-10-14(2)23-15(3)11-21/h12-15H,4-11H2,1-3H3,(H,20,22). The van der Waals surface area contributed by atoms with Crippen LogP contribution in [0.3, 0.4) is 0 Å². The van der Waals surface area contributed by atoms with E-state index in [0.29, 0.717) is 12.2 Å². The third-order valence-corrected chi connectivity index (χ3v) is 6.13. The number of thiophene rings is 1. The van der Waals surface area contributed by atoms with Gasteiger partial charge in [0, 0.05) is 36.4 Å². The molecule has 1 saturated heterocycles. The minimum atomic E-state index is 0.116. The lowest BCUT2D eigenvalue weighted by Crippen LogP contribution is -2.46. The maximum atomic E-state index is 12.5. The lowest BCUT2D eigenvalue weighted by Gasteiger charge is -2.35. The van der Waals surface area contributed by atoms with Crippen LogP contribution in [0.25, 0.3) is 0 Å². The molecule has 24 heavy (non-hydrogen) atoms. The molecule has 1 aromatic heterocycles. The summed E-state index contributed by atoms with van der Waals surface area (Å²) in [6.07, 6.45) is 5.02. The summed E-state index contributed by atoms with van der Waals surface area (Å²) in [4.78, 5) is 16.3. The Hall–Kier alpha value is -0.910. The van der Waals surface area contributed by atoms with Gasteiger partial charge in [-0.2, -0.15) is 0 Å². The predicted molar refractivity (Wildman–Crippen MR) is 98.9 cm³/mol. The molecule has 1 aliphatic heterocycles. The topological polar surface area (TPSA) is 41.6 Å². The van der Waals surface area contributed by atoms with E-state index in [1.165, 1.54) is 16.9 Å². The largest absolute Gasteiger partial charge is 0.373 e. The first-order chi connectivity index (χ1) is 11.5. The van der Waals surface area contributed by atoms with E-state index in [1.807, 2.05) is 0 Å². The number of amides is 1. The molecule has 3 rings (SSSR count). The third kappa shape index (κ3) is 4.38. The second-order valence-electron chi connectivity index (χ2n) is 7.53. The minimum absolute atomic E-state index is 0.116. The van der Waals surface area contributed by atoms with Crippen LogP contribution in [-0.2, 0) is 17.6 Å². The second kappa shape index (κ2) is 7.98. The Morgan fingerprint density at radius 1 is 1.33 bits per heavy atom. The molecule has 1 aromatic rings. The van der Waals surface area contributed by atoms with Crippen molar-refractivity contribution < 1.29 is 9.53 Å². The zero-order valence-electron chi connectivity index (χ0n) is 15.1. The van der Waals surface area contributed by atoms with Crippen LogP contribution in [0.2, 0.25) is 0 Å². The number of carbonyl (C=O) groups is 1. The molecule has 4 nitrogen and oxygen atoms in total. The molecule has 1 fully saturated rings. The molecular weight excluding hydrogens is 320 g/mol. The third-order valence-electron chi connectivity index (χ3n) is 5.08. The summed E-state index contributed by atoms with van der Waals surface area (Å²) < 4.78 is 5.76. The highest BCUT2D eigenvalue weighted by atomic mass is 32.1. The normalized spacial score (nSPS) is 27.7. The van der Waals surface area contributed by atoms with Crippen LogP contribution in [0.4, 0.5) is 0 Å². The number of hydrogen-bond donors (Lipinski definition) is 1. The van der Waals surface area contributed by atoms with Crippen LogP contribution in [0.15, 0.2) is 5.38 Å². The van der Waals surface area contributed by atoms with Gasteiger partial charge in [-0.1, -0.05) is 6.92 Å². The average Bonchev–Trinajstić information content (AvgIpc) is 2.93. The van der Waals surface area contributed by atoms with Crippen molar-refractivity contribution in [2.45, 2.75) is 58.7 Å². The summed E-state index contributed by atoms with van der Waals surface area (Å²) in [5, 5.41) is 5.18. The maximum absolute atomic E-state index is 12.5. The number of carbonyl (C=O) groups excluding carboxylic acids is 1. The van der Waals surface area contributed by atoms with Crippen LogP contribution in [0.5, 0.6) is 0 Å². The number of hydrogen-bond acceptors (Lipinski definition) is 4. The monoisotopic (exact) mass is 350 g/mol. The van der Waals surface area contributed by atoms with Gasteiger partial charge in [-0.25, -0.2) is 0 Å². The highest BCUT2D eigenvalue weighted by Gasteiger charge is 2.24. The molecule has 0 aromatic carbocycles. The molecule has 1 aliphatic carbocycles. The first-order valence-electron chi connectivity index (χ1n) is 9.28. The van der Waals surface area contributed by atoms with Gasteiger partial charge in [0.25, 0.3) is 5.91 Å². The van der Waals surface area contributed by atoms with E-state index < -0.39 is 0 Å². The molecule has 0 saturated carbocycles. The summed E-state index contributed by atoms with van der Waals surface area (Å²) in [7, 11) is 0. The van der Waals surface area contributed by atoms with Gasteiger partial charge in [0.1, 0.15) is 0 Å². The Balaban J connectivity index is 1.43. The summed E-state index contributed by atoms with van der Waals surface area (Å²) in [5.41, 5.74) is 2.24. The molecular formula is C19H30N2O2S. The van der Waals surface area contributed by atoms with Gasteiger partial charge in [0.05, 0.1) is 17.8 Å². The van der Waals surface area contributed by atoms with Crippen molar-refractivity contribution in [2.24, 2.45) is 5.92 Å². The maximum Gasteiger partial charge on any atom is 0.252 e. The fraction of sp³-hybridized carbons (Fsp3) is 0.737.